The highest BCUT2D eigenvalue weighted by Crippen LogP contribution is 2.29. The van der Waals surface area contributed by atoms with Crippen LogP contribution in [0.3, 0.4) is 0 Å². The highest BCUT2D eigenvalue weighted by atomic mass is 35.5. The largest absolute Gasteiger partial charge is 0.378 e. The third kappa shape index (κ3) is 3.08. The van der Waals surface area contributed by atoms with Crippen molar-refractivity contribution in [1.29, 1.82) is 0 Å². The van der Waals surface area contributed by atoms with Gasteiger partial charge in [0.25, 0.3) is 0 Å². The van der Waals surface area contributed by atoms with E-state index < -0.39 is 4.92 Å². The maximum Gasteiger partial charge on any atom is 0.353 e. The molecular weight excluding hydrogens is 270 g/mol. The summed E-state index contributed by atoms with van der Waals surface area (Å²) in [6.45, 7) is 0.370. The maximum atomic E-state index is 10.9. The summed E-state index contributed by atoms with van der Waals surface area (Å²) in [7, 11) is 0. The number of benzene rings is 1. The van der Waals surface area contributed by atoms with Gasteiger partial charge in [0, 0.05) is 6.54 Å². The van der Waals surface area contributed by atoms with E-state index in [1.807, 2.05) is 30.3 Å². The zero-order valence-electron chi connectivity index (χ0n) is 9.71. The number of hydrogen-bond acceptors (Lipinski definition) is 6. The SMILES string of the molecule is Nc1nc(Cl)nc(NCc2ccccc2)c1[N+](=O)[O-]. The van der Waals surface area contributed by atoms with Gasteiger partial charge in [0.1, 0.15) is 0 Å². The Balaban J connectivity index is 2.27. The van der Waals surface area contributed by atoms with Crippen molar-refractivity contribution in [3.63, 3.8) is 0 Å². The molecule has 0 saturated carbocycles. The molecule has 0 amide bonds. The summed E-state index contributed by atoms with van der Waals surface area (Å²) in [6, 6.07) is 9.38. The lowest BCUT2D eigenvalue weighted by molar-refractivity contribution is -0.383. The van der Waals surface area contributed by atoms with Gasteiger partial charge in [-0.3, -0.25) is 10.1 Å². The van der Waals surface area contributed by atoms with Crippen molar-refractivity contribution < 1.29 is 4.92 Å². The highest BCUT2D eigenvalue weighted by Gasteiger charge is 2.22. The van der Waals surface area contributed by atoms with Crippen LogP contribution >= 0.6 is 11.6 Å². The number of nitrogens with two attached hydrogens (primary N) is 1. The van der Waals surface area contributed by atoms with Gasteiger partial charge in [0.15, 0.2) is 0 Å². The lowest BCUT2D eigenvalue weighted by Gasteiger charge is -2.07. The van der Waals surface area contributed by atoms with Crippen LogP contribution in [0.4, 0.5) is 17.3 Å². The van der Waals surface area contributed by atoms with Gasteiger partial charge in [-0.15, -0.1) is 0 Å². The fraction of sp³-hybridized carbons (Fsp3) is 0.0909. The Labute approximate surface area is 113 Å². The van der Waals surface area contributed by atoms with Crippen molar-refractivity contribution in [2.45, 2.75) is 6.54 Å². The van der Waals surface area contributed by atoms with E-state index in [1.54, 1.807) is 0 Å². The number of rotatable bonds is 4. The monoisotopic (exact) mass is 279 g/mol. The predicted molar refractivity (Wildman–Crippen MR) is 71.9 cm³/mol. The first-order valence-corrected chi connectivity index (χ1v) is 5.71. The zero-order valence-corrected chi connectivity index (χ0v) is 10.5. The second kappa shape index (κ2) is 5.49. The first kappa shape index (κ1) is 13.0. The quantitative estimate of drug-likeness (QED) is 0.505. The Morgan fingerprint density at radius 1 is 1.32 bits per heavy atom. The van der Waals surface area contributed by atoms with E-state index in [2.05, 4.69) is 15.3 Å². The summed E-state index contributed by atoms with van der Waals surface area (Å²) in [5, 5.41) is 13.6. The molecule has 1 aromatic carbocycles. The average molecular weight is 280 g/mol. The fourth-order valence-corrected chi connectivity index (χ4v) is 1.70. The average Bonchev–Trinajstić information content (AvgIpc) is 2.36. The predicted octanol–water partition coefficient (Wildman–Crippen LogP) is 2.23. The van der Waals surface area contributed by atoms with Crippen molar-refractivity contribution in [1.82, 2.24) is 9.97 Å². The number of nitrogen functional groups attached to an aromatic ring is 1. The lowest BCUT2D eigenvalue weighted by Crippen LogP contribution is -2.08. The van der Waals surface area contributed by atoms with E-state index in [9.17, 15) is 10.1 Å². The third-order valence-electron chi connectivity index (χ3n) is 2.37. The van der Waals surface area contributed by atoms with E-state index in [-0.39, 0.29) is 22.6 Å². The minimum absolute atomic E-state index is 0.00588. The molecule has 1 aromatic heterocycles. The van der Waals surface area contributed by atoms with Crippen molar-refractivity contribution in [3.05, 3.63) is 51.3 Å². The normalized spacial score (nSPS) is 10.2. The van der Waals surface area contributed by atoms with E-state index in [0.717, 1.165) is 5.56 Å². The molecule has 2 rings (SSSR count). The second-order valence-corrected chi connectivity index (χ2v) is 4.01. The minimum atomic E-state index is -0.640. The van der Waals surface area contributed by atoms with Gasteiger partial charge in [-0.1, -0.05) is 30.3 Å². The summed E-state index contributed by atoms with van der Waals surface area (Å²) >= 11 is 5.64. The summed E-state index contributed by atoms with van der Waals surface area (Å²) in [4.78, 5) is 17.6. The Morgan fingerprint density at radius 2 is 2.00 bits per heavy atom. The van der Waals surface area contributed by atoms with Crippen LogP contribution in [0, 0.1) is 10.1 Å². The molecule has 0 radical (unpaired) electrons. The Hall–Kier alpha value is -2.41. The van der Waals surface area contributed by atoms with Crippen LogP contribution in [-0.4, -0.2) is 14.9 Å². The van der Waals surface area contributed by atoms with Gasteiger partial charge in [0.05, 0.1) is 4.92 Å². The minimum Gasteiger partial charge on any atom is -0.378 e. The number of halogens is 1. The molecule has 3 N–H and O–H groups in total. The third-order valence-corrected chi connectivity index (χ3v) is 2.54. The summed E-state index contributed by atoms with van der Waals surface area (Å²) in [6.07, 6.45) is 0. The molecule has 8 heteroatoms. The highest BCUT2D eigenvalue weighted by molar-refractivity contribution is 6.28. The standard InChI is InChI=1S/C11H10ClN5O2/c12-11-15-9(13)8(17(18)19)10(16-11)14-6-7-4-2-1-3-5-7/h1-5H,6H2,(H3,13,14,15,16). The number of nitro groups is 1. The number of nitrogens with one attached hydrogen (secondary N) is 1. The Morgan fingerprint density at radius 3 is 2.63 bits per heavy atom. The zero-order chi connectivity index (χ0) is 13.8. The molecule has 19 heavy (non-hydrogen) atoms. The van der Waals surface area contributed by atoms with Gasteiger partial charge < -0.3 is 11.1 Å². The van der Waals surface area contributed by atoms with Crippen LogP contribution < -0.4 is 11.1 Å². The van der Waals surface area contributed by atoms with Crippen molar-refractivity contribution in [2.75, 3.05) is 11.1 Å². The molecule has 98 valence electrons. The summed E-state index contributed by atoms with van der Waals surface area (Å²) in [5.41, 5.74) is 6.05. The molecule has 2 aromatic rings. The lowest BCUT2D eigenvalue weighted by atomic mass is 10.2. The van der Waals surface area contributed by atoms with E-state index in [4.69, 9.17) is 17.3 Å². The van der Waals surface area contributed by atoms with Gasteiger partial charge in [-0.2, -0.15) is 9.97 Å². The molecule has 0 atom stereocenters. The molecule has 0 saturated heterocycles. The van der Waals surface area contributed by atoms with Crippen molar-refractivity contribution in [3.8, 4) is 0 Å². The molecule has 0 bridgehead atoms. The molecule has 0 fully saturated rings. The molecule has 0 aliphatic carbocycles. The number of anilines is 2. The fourth-order valence-electron chi connectivity index (χ4n) is 1.53. The molecular formula is C11H10ClN5O2. The van der Waals surface area contributed by atoms with Crippen LogP contribution in [0.1, 0.15) is 5.56 Å². The number of nitrogens with zero attached hydrogens (tertiary/aromatic N) is 3. The number of hydrogen-bond donors (Lipinski definition) is 2. The Bertz CT molecular complexity index is 606. The van der Waals surface area contributed by atoms with E-state index >= 15 is 0 Å². The topological polar surface area (TPSA) is 107 Å². The summed E-state index contributed by atoms with van der Waals surface area (Å²) in [5.74, 6) is -0.257. The molecule has 0 unspecified atom stereocenters. The molecule has 0 spiro atoms. The number of aromatic nitrogens is 2. The van der Waals surface area contributed by atoms with Crippen LogP contribution in [-0.2, 0) is 6.54 Å². The molecule has 0 aliphatic rings. The van der Waals surface area contributed by atoms with E-state index in [1.165, 1.54) is 0 Å². The van der Waals surface area contributed by atoms with Gasteiger partial charge in [-0.05, 0) is 17.2 Å². The van der Waals surface area contributed by atoms with Gasteiger partial charge in [-0.25, -0.2) is 0 Å². The molecule has 1 heterocycles. The van der Waals surface area contributed by atoms with E-state index in [0.29, 0.717) is 6.54 Å². The van der Waals surface area contributed by atoms with Crippen LogP contribution in [0.15, 0.2) is 30.3 Å². The Kier molecular flexibility index (Phi) is 3.76. The van der Waals surface area contributed by atoms with Crippen LogP contribution in [0.2, 0.25) is 5.28 Å². The maximum absolute atomic E-state index is 10.9. The van der Waals surface area contributed by atoms with Crippen molar-refractivity contribution in [2.24, 2.45) is 0 Å². The molecule has 7 nitrogen and oxygen atoms in total. The van der Waals surface area contributed by atoms with Gasteiger partial charge in [0.2, 0.25) is 16.9 Å². The second-order valence-electron chi connectivity index (χ2n) is 3.67. The first-order chi connectivity index (χ1) is 9.08. The van der Waals surface area contributed by atoms with Crippen LogP contribution in [0.5, 0.6) is 0 Å². The van der Waals surface area contributed by atoms with Crippen LogP contribution in [0.25, 0.3) is 0 Å². The smallest absolute Gasteiger partial charge is 0.353 e. The first-order valence-electron chi connectivity index (χ1n) is 5.33. The van der Waals surface area contributed by atoms with Crippen molar-refractivity contribution >= 4 is 28.9 Å². The van der Waals surface area contributed by atoms with Gasteiger partial charge >= 0.3 is 5.69 Å². The summed E-state index contributed by atoms with van der Waals surface area (Å²) < 4.78 is 0. The molecule has 0 aliphatic heterocycles.